The Kier molecular flexibility index (Phi) is 4.65. The molecule has 8 heteroatoms. The number of anilines is 1. The molecular weight excluding hydrogens is 364 g/mol. The highest BCUT2D eigenvalue weighted by molar-refractivity contribution is 5.98. The third kappa shape index (κ3) is 3.34. The highest BCUT2D eigenvalue weighted by Gasteiger charge is 2.35. The van der Waals surface area contributed by atoms with Gasteiger partial charge in [-0.15, -0.1) is 0 Å². The first-order valence-electron chi connectivity index (χ1n) is 10.0. The maximum Gasteiger partial charge on any atom is 0.216 e. The minimum atomic E-state index is -0.0820. The lowest BCUT2D eigenvalue weighted by Gasteiger charge is -2.41. The second kappa shape index (κ2) is 7.46. The van der Waals surface area contributed by atoms with Gasteiger partial charge in [0, 0.05) is 24.5 Å². The summed E-state index contributed by atoms with van der Waals surface area (Å²) in [6.07, 6.45) is 4.74. The number of rotatable bonds is 5. The summed E-state index contributed by atoms with van der Waals surface area (Å²) < 4.78 is 2.26. The molecule has 0 amide bonds. The first-order valence-corrected chi connectivity index (χ1v) is 10.0. The van der Waals surface area contributed by atoms with E-state index in [1.54, 1.807) is 6.20 Å². The number of benzene rings is 1. The van der Waals surface area contributed by atoms with Gasteiger partial charge in [0.25, 0.3) is 0 Å². The zero-order valence-electron chi connectivity index (χ0n) is 16.9. The highest BCUT2D eigenvalue weighted by Crippen LogP contribution is 2.33. The second-order valence-corrected chi connectivity index (χ2v) is 7.85. The van der Waals surface area contributed by atoms with Crippen molar-refractivity contribution in [1.82, 2.24) is 29.7 Å². The topological polar surface area (TPSA) is 64.8 Å². The second-order valence-electron chi connectivity index (χ2n) is 7.85. The van der Waals surface area contributed by atoms with Crippen molar-refractivity contribution < 1.29 is 0 Å². The Labute approximate surface area is 170 Å². The van der Waals surface area contributed by atoms with Gasteiger partial charge >= 0.3 is 0 Å². The summed E-state index contributed by atoms with van der Waals surface area (Å²) in [5.41, 5.74) is 3.18. The first kappa shape index (κ1) is 18.1. The first-order chi connectivity index (χ1) is 14.2. The molecule has 0 aliphatic carbocycles. The van der Waals surface area contributed by atoms with Gasteiger partial charge in [-0.05, 0) is 45.3 Å². The van der Waals surface area contributed by atoms with Gasteiger partial charge in [-0.3, -0.25) is 19.4 Å². The fraction of sp³-hybridized carbons (Fsp3) is 0.381. The summed E-state index contributed by atoms with van der Waals surface area (Å²) in [5, 5.41) is 3.63. The third-order valence-electron chi connectivity index (χ3n) is 5.44. The zero-order chi connectivity index (χ0) is 19.8. The van der Waals surface area contributed by atoms with Crippen LogP contribution in [0.4, 0.5) is 5.95 Å². The number of imidazole rings is 1. The van der Waals surface area contributed by atoms with Gasteiger partial charge in [0.15, 0.2) is 0 Å². The van der Waals surface area contributed by atoms with Crippen molar-refractivity contribution in [3.8, 4) is 0 Å². The highest BCUT2D eigenvalue weighted by atomic mass is 15.5. The molecule has 0 fully saturated rings. The summed E-state index contributed by atoms with van der Waals surface area (Å²) in [7, 11) is 4.23. The van der Waals surface area contributed by atoms with Crippen molar-refractivity contribution in [3.63, 3.8) is 0 Å². The molecule has 2 aliphatic rings. The maximum atomic E-state index is 4.97. The van der Waals surface area contributed by atoms with E-state index >= 15 is 0 Å². The Morgan fingerprint density at radius 2 is 2.07 bits per heavy atom. The van der Waals surface area contributed by atoms with Gasteiger partial charge in [-0.25, -0.2) is 9.98 Å². The normalized spacial score (nSPS) is 19.1. The van der Waals surface area contributed by atoms with Crippen LogP contribution in [0.3, 0.4) is 0 Å². The van der Waals surface area contributed by atoms with Crippen molar-refractivity contribution in [2.75, 3.05) is 45.4 Å². The number of hydrogen-bond acceptors (Lipinski definition) is 7. The fourth-order valence-corrected chi connectivity index (χ4v) is 4.03. The maximum absolute atomic E-state index is 4.97. The Morgan fingerprint density at radius 1 is 1.17 bits per heavy atom. The van der Waals surface area contributed by atoms with Crippen LogP contribution in [0.1, 0.15) is 18.2 Å². The van der Waals surface area contributed by atoms with E-state index in [4.69, 9.17) is 9.98 Å². The predicted octanol–water partition coefficient (Wildman–Crippen LogP) is 1.93. The third-order valence-corrected chi connectivity index (χ3v) is 5.44. The van der Waals surface area contributed by atoms with Crippen LogP contribution in [0.15, 0.2) is 53.8 Å². The van der Waals surface area contributed by atoms with E-state index in [1.165, 1.54) is 0 Å². The molecule has 0 spiro atoms. The van der Waals surface area contributed by atoms with Crippen LogP contribution < -0.4 is 10.2 Å². The molecule has 0 unspecified atom stereocenters. The van der Waals surface area contributed by atoms with Crippen LogP contribution in [0.5, 0.6) is 0 Å². The molecule has 1 N–H and O–H groups in total. The van der Waals surface area contributed by atoms with Gasteiger partial charge in [0.05, 0.1) is 24.4 Å². The Balaban J connectivity index is 1.52. The van der Waals surface area contributed by atoms with Gasteiger partial charge in [-0.2, -0.15) is 0 Å². The van der Waals surface area contributed by atoms with Crippen LogP contribution in [-0.2, 0) is 0 Å². The molecule has 4 heterocycles. The molecule has 1 aromatic carbocycles. The van der Waals surface area contributed by atoms with Crippen molar-refractivity contribution >= 4 is 22.9 Å². The fourth-order valence-electron chi connectivity index (χ4n) is 4.03. The number of pyridine rings is 1. The summed E-state index contributed by atoms with van der Waals surface area (Å²) in [5.74, 6) is 1.81. The molecule has 2 aromatic heterocycles. The molecule has 0 saturated heterocycles. The summed E-state index contributed by atoms with van der Waals surface area (Å²) >= 11 is 0. The van der Waals surface area contributed by atoms with E-state index in [1.807, 2.05) is 18.3 Å². The summed E-state index contributed by atoms with van der Waals surface area (Å²) in [6, 6.07) is 12.3. The Morgan fingerprint density at radius 3 is 2.90 bits per heavy atom. The molecule has 0 saturated carbocycles. The molecular formula is C21H26N8. The predicted molar refractivity (Wildman–Crippen MR) is 115 cm³/mol. The van der Waals surface area contributed by atoms with Crippen LogP contribution >= 0.6 is 0 Å². The van der Waals surface area contributed by atoms with Crippen LogP contribution in [0.25, 0.3) is 11.0 Å². The van der Waals surface area contributed by atoms with E-state index in [0.29, 0.717) is 6.67 Å². The average molecular weight is 390 g/mol. The number of nitrogens with one attached hydrogen (secondary N) is 1. The Bertz CT molecular complexity index is 1030. The minimum Gasteiger partial charge on any atom is -0.331 e. The zero-order valence-corrected chi connectivity index (χ0v) is 16.9. The van der Waals surface area contributed by atoms with Gasteiger partial charge in [0.1, 0.15) is 6.17 Å². The van der Waals surface area contributed by atoms with Crippen molar-refractivity contribution in [3.05, 3.63) is 54.4 Å². The number of aliphatic imine (C=N–C) groups is 1. The van der Waals surface area contributed by atoms with Crippen molar-refractivity contribution in [2.45, 2.75) is 12.6 Å². The summed E-state index contributed by atoms with van der Waals surface area (Å²) in [6.45, 7) is 3.57. The quantitative estimate of drug-likeness (QED) is 0.718. The lowest BCUT2D eigenvalue weighted by atomic mass is 10.2. The van der Waals surface area contributed by atoms with Crippen LogP contribution in [-0.4, -0.2) is 70.8 Å². The molecule has 5 rings (SSSR count). The number of aromatic nitrogens is 3. The molecule has 150 valence electrons. The average Bonchev–Trinajstić information content (AvgIpc) is 3.14. The SMILES string of the molecule is CN(C)CCCN1CN=C2N[C@H](c3cccnc3)n3c(nc4ccccc43)N2C1. The minimum absolute atomic E-state index is 0.0820. The molecule has 1 atom stereocenters. The van der Waals surface area contributed by atoms with E-state index in [2.05, 4.69) is 67.9 Å². The van der Waals surface area contributed by atoms with Gasteiger partial charge in [-0.1, -0.05) is 18.2 Å². The molecule has 3 aromatic rings. The van der Waals surface area contributed by atoms with E-state index in [0.717, 1.165) is 54.7 Å². The van der Waals surface area contributed by atoms with Gasteiger partial charge in [0.2, 0.25) is 11.9 Å². The number of nitrogens with zero attached hydrogens (tertiary/aromatic N) is 7. The smallest absolute Gasteiger partial charge is 0.216 e. The van der Waals surface area contributed by atoms with Gasteiger partial charge < -0.3 is 10.2 Å². The lowest BCUT2D eigenvalue weighted by Crippen LogP contribution is -2.57. The van der Waals surface area contributed by atoms with E-state index in [-0.39, 0.29) is 6.17 Å². The van der Waals surface area contributed by atoms with E-state index in [9.17, 15) is 0 Å². The Hall–Kier alpha value is -2.97. The molecule has 29 heavy (non-hydrogen) atoms. The largest absolute Gasteiger partial charge is 0.331 e. The summed E-state index contributed by atoms with van der Waals surface area (Å²) in [4.78, 5) is 20.9. The van der Waals surface area contributed by atoms with Crippen LogP contribution in [0, 0.1) is 0 Å². The molecule has 0 bridgehead atoms. The molecule has 2 aliphatic heterocycles. The van der Waals surface area contributed by atoms with E-state index < -0.39 is 0 Å². The standard InChI is InChI=1S/C21H26N8/c1-26(2)11-6-12-27-14-23-20-25-19(16-7-5-10-22-13-16)29-18-9-4-3-8-17(18)24-21(29)28(20)15-27/h3-5,7-10,13,19H,6,11-12,14-15H2,1-2H3,(H,23,25)/t19-/m0/s1. The lowest BCUT2D eigenvalue weighted by molar-refractivity contribution is 0.254. The molecule has 8 nitrogen and oxygen atoms in total. The van der Waals surface area contributed by atoms with Crippen molar-refractivity contribution in [1.29, 1.82) is 0 Å². The number of guanidine groups is 1. The number of para-hydroxylation sites is 2. The van der Waals surface area contributed by atoms with Crippen LogP contribution in [0.2, 0.25) is 0 Å². The monoisotopic (exact) mass is 390 g/mol. The number of fused-ring (bicyclic) bond motifs is 5. The molecule has 0 radical (unpaired) electrons. The van der Waals surface area contributed by atoms with Crippen molar-refractivity contribution in [2.24, 2.45) is 4.99 Å². The number of hydrogen-bond donors (Lipinski definition) is 1.